The number of benzene rings is 5. The van der Waals surface area contributed by atoms with E-state index in [0.717, 1.165) is 43.8 Å². The lowest BCUT2D eigenvalue weighted by Crippen LogP contribution is -1.99. The first-order valence-electron chi connectivity index (χ1n) is 9.96. The van der Waals surface area contributed by atoms with E-state index in [0.29, 0.717) is 11.5 Å². The topological polar surface area (TPSA) is 55.8 Å². The largest absolute Gasteiger partial charge is 0.584 e. The third-order valence-electron chi connectivity index (χ3n) is 5.65. The molecule has 4 nitrogen and oxygen atoms in total. The summed E-state index contributed by atoms with van der Waals surface area (Å²) < 4.78 is 24.3. The molecule has 1 N–H and O–H groups in total. The van der Waals surface area contributed by atoms with Crippen molar-refractivity contribution in [2.75, 3.05) is 0 Å². The molecule has 6 rings (SSSR count). The van der Waals surface area contributed by atoms with Gasteiger partial charge >= 0.3 is 7.82 Å². The third-order valence-corrected chi connectivity index (χ3v) is 6.49. The molecule has 150 valence electrons. The summed E-state index contributed by atoms with van der Waals surface area (Å²) in [5, 5.41) is 3.89. The lowest BCUT2D eigenvalue weighted by Gasteiger charge is -2.17. The molecule has 5 heteroatoms. The number of phosphoric ester groups is 1. The van der Waals surface area contributed by atoms with Crippen LogP contribution < -0.4 is 9.05 Å². The number of hydrogen-bond acceptors (Lipinski definition) is 3. The van der Waals surface area contributed by atoms with Crippen LogP contribution >= 0.6 is 7.82 Å². The molecule has 0 fully saturated rings. The van der Waals surface area contributed by atoms with Crippen molar-refractivity contribution in [2.45, 2.75) is 0 Å². The Morgan fingerprint density at radius 3 is 2.06 bits per heavy atom. The second-order valence-electron chi connectivity index (χ2n) is 7.53. The highest BCUT2D eigenvalue weighted by atomic mass is 31.2. The van der Waals surface area contributed by atoms with Crippen LogP contribution in [0.4, 0.5) is 0 Å². The maximum absolute atomic E-state index is 12.9. The van der Waals surface area contributed by atoms with Crippen molar-refractivity contribution in [2.24, 2.45) is 0 Å². The van der Waals surface area contributed by atoms with Crippen LogP contribution in [0.2, 0.25) is 0 Å². The zero-order valence-electron chi connectivity index (χ0n) is 16.4. The monoisotopic (exact) mass is 424 g/mol. The van der Waals surface area contributed by atoms with E-state index in [4.69, 9.17) is 9.05 Å². The van der Waals surface area contributed by atoms with E-state index >= 15 is 0 Å². The summed E-state index contributed by atoms with van der Waals surface area (Å²) in [5.41, 5.74) is 3.16. The Bertz CT molecular complexity index is 1530. The normalized spacial score (nSPS) is 17.3. The van der Waals surface area contributed by atoms with Crippen LogP contribution in [0.25, 0.3) is 43.8 Å². The van der Waals surface area contributed by atoms with Gasteiger partial charge in [-0.05, 0) is 39.2 Å². The zero-order valence-corrected chi connectivity index (χ0v) is 17.3. The van der Waals surface area contributed by atoms with Gasteiger partial charge in [0.05, 0.1) is 0 Å². The van der Waals surface area contributed by atoms with Crippen LogP contribution in [0.3, 0.4) is 0 Å². The van der Waals surface area contributed by atoms with Gasteiger partial charge in [-0.25, -0.2) is 4.57 Å². The van der Waals surface area contributed by atoms with Gasteiger partial charge in [-0.3, -0.25) is 4.89 Å². The second kappa shape index (κ2) is 6.71. The molecule has 1 aliphatic rings. The molecule has 31 heavy (non-hydrogen) atoms. The highest BCUT2D eigenvalue weighted by Gasteiger charge is 2.35. The van der Waals surface area contributed by atoms with Crippen molar-refractivity contribution < 1.29 is 18.5 Å². The molecule has 5 aromatic rings. The van der Waals surface area contributed by atoms with Gasteiger partial charge in [-0.1, -0.05) is 84.9 Å². The fourth-order valence-electron chi connectivity index (χ4n) is 4.35. The van der Waals surface area contributed by atoms with Crippen molar-refractivity contribution >= 4 is 29.4 Å². The maximum atomic E-state index is 12.9. The molecule has 1 atom stereocenters. The minimum absolute atomic E-state index is 0.332. The number of phosphoric acid groups is 1. The molecule has 1 heterocycles. The van der Waals surface area contributed by atoms with Crippen LogP contribution in [-0.2, 0) is 4.57 Å². The fraction of sp³-hybridized carbons (Fsp3) is 0. The summed E-state index contributed by atoms with van der Waals surface area (Å²) in [6, 6.07) is 31.3. The Kier molecular flexibility index (Phi) is 3.94. The minimum Gasteiger partial charge on any atom is -0.395 e. The van der Waals surface area contributed by atoms with Crippen molar-refractivity contribution in [3.63, 3.8) is 0 Å². The average molecular weight is 424 g/mol. The summed E-state index contributed by atoms with van der Waals surface area (Å²) in [7, 11) is -4.40. The predicted molar refractivity (Wildman–Crippen MR) is 123 cm³/mol. The molecule has 1 unspecified atom stereocenters. The highest BCUT2D eigenvalue weighted by Crippen LogP contribution is 2.59. The Balaban J connectivity index is 1.85. The first-order chi connectivity index (χ1) is 15.1. The first-order valence-corrected chi connectivity index (χ1v) is 11.5. The molecule has 0 saturated carbocycles. The van der Waals surface area contributed by atoms with Gasteiger partial charge in [0.2, 0.25) is 0 Å². The molecule has 0 spiro atoms. The van der Waals surface area contributed by atoms with E-state index < -0.39 is 7.82 Å². The first kappa shape index (κ1) is 18.2. The maximum Gasteiger partial charge on any atom is 0.584 e. The lowest BCUT2D eigenvalue weighted by atomic mass is 9.89. The molecular weight excluding hydrogens is 407 g/mol. The van der Waals surface area contributed by atoms with Crippen LogP contribution in [0.15, 0.2) is 97.1 Å². The molecular formula is C26H17O4P. The summed E-state index contributed by atoms with van der Waals surface area (Å²) in [6.45, 7) is 0. The lowest BCUT2D eigenvalue weighted by molar-refractivity contribution is 0.295. The fourth-order valence-corrected chi connectivity index (χ4v) is 5.21. The summed E-state index contributed by atoms with van der Waals surface area (Å²) in [5.74, 6) is 0.685. The number of rotatable bonds is 1. The van der Waals surface area contributed by atoms with Gasteiger partial charge in [0.15, 0.2) is 0 Å². The quantitative estimate of drug-likeness (QED) is 0.289. The summed E-state index contributed by atoms with van der Waals surface area (Å²) >= 11 is 0. The SMILES string of the molecule is O=P1(O)Oc2ccc3ccccc3c2-c2c(c(-c3ccccc3)cc3ccccc23)O1. The third kappa shape index (κ3) is 2.92. The van der Waals surface area contributed by atoms with Gasteiger partial charge in [0.25, 0.3) is 0 Å². The number of hydrogen-bond donors (Lipinski definition) is 1. The van der Waals surface area contributed by atoms with Gasteiger partial charge in [0.1, 0.15) is 11.5 Å². The Morgan fingerprint density at radius 1 is 0.645 bits per heavy atom. The van der Waals surface area contributed by atoms with E-state index in [-0.39, 0.29) is 0 Å². The average Bonchev–Trinajstić information content (AvgIpc) is 2.92. The van der Waals surface area contributed by atoms with Gasteiger partial charge in [0, 0.05) is 16.7 Å². The van der Waals surface area contributed by atoms with E-state index in [1.165, 1.54) is 0 Å². The van der Waals surface area contributed by atoms with Gasteiger partial charge < -0.3 is 9.05 Å². The Labute approximate surface area is 178 Å². The Hall–Kier alpha value is -3.59. The zero-order chi connectivity index (χ0) is 21.0. The van der Waals surface area contributed by atoms with Gasteiger partial charge in [-0.2, -0.15) is 0 Å². The molecule has 0 amide bonds. The van der Waals surface area contributed by atoms with Crippen LogP contribution in [-0.4, -0.2) is 4.89 Å². The molecule has 0 bridgehead atoms. The highest BCUT2D eigenvalue weighted by molar-refractivity contribution is 7.48. The molecule has 0 saturated heterocycles. The molecule has 1 aliphatic heterocycles. The predicted octanol–water partition coefficient (Wildman–Crippen LogP) is 7.20. The number of fused-ring (bicyclic) bond motifs is 7. The van der Waals surface area contributed by atoms with E-state index in [2.05, 4.69) is 0 Å². The summed E-state index contributed by atoms with van der Waals surface area (Å²) in [4.78, 5) is 10.6. The van der Waals surface area contributed by atoms with Crippen LogP contribution in [0.5, 0.6) is 11.5 Å². The van der Waals surface area contributed by atoms with Crippen molar-refractivity contribution in [3.8, 4) is 33.8 Å². The summed E-state index contributed by atoms with van der Waals surface area (Å²) in [6.07, 6.45) is 0. The van der Waals surface area contributed by atoms with Crippen LogP contribution in [0, 0.1) is 0 Å². The minimum atomic E-state index is -4.40. The van der Waals surface area contributed by atoms with Crippen molar-refractivity contribution in [1.29, 1.82) is 0 Å². The van der Waals surface area contributed by atoms with Gasteiger partial charge in [-0.15, -0.1) is 0 Å². The standard InChI is InChI=1S/C26H17O4P/c27-31(28)29-23-15-14-18-10-4-6-12-20(18)24(23)25-21-13-7-5-11-19(21)16-22(26(25)30-31)17-8-2-1-3-9-17/h1-16H,(H,27,28). The van der Waals surface area contributed by atoms with E-state index in [1.807, 2.05) is 91.0 Å². The molecule has 5 aromatic carbocycles. The smallest absolute Gasteiger partial charge is 0.395 e. The Morgan fingerprint density at radius 2 is 1.29 bits per heavy atom. The van der Waals surface area contributed by atoms with E-state index in [1.54, 1.807) is 6.07 Å². The van der Waals surface area contributed by atoms with Crippen molar-refractivity contribution in [1.82, 2.24) is 0 Å². The molecule has 0 aromatic heterocycles. The molecule has 0 aliphatic carbocycles. The van der Waals surface area contributed by atoms with Crippen molar-refractivity contribution in [3.05, 3.63) is 97.1 Å². The van der Waals surface area contributed by atoms with Crippen LogP contribution in [0.1, 0.15) is 0 Å². The van der Waals surface area contributed by atoms with E-state index in [9.17, 15) is 9.46 Å². The molecule has 0 radical (unpaired) electrons. The second-order valence-corrected chi connectivity index (χ2v) is 8.83.